The Bertz CT molecular complexity index is 1170. The fourth-order valence-corrected chi connectivity index (χ4v) is 3.93. The lowest BCUT2D eigenvalue weighted by molar-refractivity contribution is -0.143. The molecule has 0 unspecified atom stereocenters. The molecule has 2 aromatic carbocycles. The standard InChI is InChI=1S/C31H38O5/c1-3-5-10-13-24-14-16-25(17-15-24)28-22-26-18-19-27(23-29(26)36-31(28)33)34-20-11-8-6-7-9-12-21-35-30(32)4-2/h6-7,14-19,22-23H,3-5,8-13,20-21H2,1-2H3/b7-6+. The number of fused-ring (bicyclic) bond motifs is 1. The van der Waals surface area contributed by atoms with Gasteiger partial charge in [-0.1, -0.05) is 63.1 Å². The monoisotopic (exact) mass is 490 g/mol. The van der Waals surface area contributed by atoms with Gasteiger partial charge in [0.15, 0.2) is 0 Å². The van der Waals surface area contributed by atoms with E-state index in [0.29, 0.717) is 36.5 Å². The highest BCUT2D eigenvalue weighted by atomic mass is 16.5. The van der Waals surface area contributed by atoms with Crippen molar-refractivity contribution in [1.29, 1.82) is 0 Å². The van der Waals surface area contributed by atoms with Crippen molar-refractivity contribution >= 4 is 16.9 Å². The highest BCUT2D eigenvalue weighted by molar-refractivity contribution is 5.82. The SMILES string of the molecule is CCCCCc1ccc(-c2cc3ccc(OCCC/C=C/CCCOC(=O)CC)cc3oc2=O)cc1. The summed E-state index contributed by atoms with van der Waals surface area (Å²) in [5.41, 5.74) is 2.94. The van der Waals surface area contributed by atoms with E-state index in [1.807, 2.05) is 30.3 Å². The number of carbonyl (C=O) groups excluding carboxylic acids is 1. The van der Waals surface area contributed by atoms with Crippen LogP contribution in [0.25, 0.3) is 22.1 Å². The topological polar surface area (TPSA) is 65.7 Å². The maximum absolute atomic E-state index is 12.7. The molecule has 0 saturated carbocycles. The predicted octanol–water partition coefficient (Wildman–Crippen LogP) is 7.64. The van der Waals surface area contributed by atoms with Gasteiger partial charge in [0.2, 0.25) is 0 Å². The van der Waals surface area contributed by atoms with Gasteiger partial charge in [0.05, 0.1) is 18.8 Å². The summed E-state index contributed by atoms with van der Waals surface area (Å²) in [5, 5.41) is 0.872. The van der Waals surface area contributed by atoms with E-state index in [1.54, 1.807) is 13.0 Å². The van der Waals surface area contributed by atoms with Crippen molar-refractivity contribution in [3.8, 4) is 16.9 Å². The summed E-state index contributed by atoms with van der Waals surface area (Å²) in [5.74, 6) is 0.545. The first kappa shape index (κ1) is 27.3. The average Bonchev–Trinajstić information content (AvgIpc) is 2.89. The van der Waals surface area contributed by atoms with E-state index in [4.69, 9.17) is 13.9 Å². The summed E-state index contributed by atoms with van der Waals surface area (Å²) >= 11 is 0. The second kappa shape index (κ2) is 14.9. The summed E-state index contributed by atoms with van der Waals surface area (Å²) in [4.78, 5) is 23.7. The zero-order chi connectivity index (χ0) is 25.6. The van der Waals surface area contributed by atoms with E-state index < -0.39 is 0 Å². The Morgan fingerprint density at radius 2 is 1.64 bits per heavy atom. The molecule has 36 heavy (non-hydrogen) atoms. The molecule has 0 aliphatic carbocycles. The molecule has 0 atom stereocenters. The fourth-order valence-electron chi connectivity index (χ4n) is 3.93. The van der Waals surface area contributed by atoms with E-state index in [1.165, 1.54) is 24.8 Å². The Balaban J connectivity index is 1.47. The molecule has 0 fully saturated rings. The van der Waals surface area contributed by atoms with Crippen LogP contribution in [-0.4, -0.2) is 19.2 Å². The van der Waals surface area contributed by atoms with E-state index in [2.05, 4.69) is 31.2 Å². The summed E-state index contributed by atoms with van der Waals surface area (Å²) in [6, 6.07) is 15.7. The molecule has 0 aliphatic heterocycles. The molecule has 5 heteroatoms. The molecule has 3 aromatic rings. The van der Waals surface area contributed by atoms with Crippen LogP contribution < -0.4 is 10.4 Å². The molecule has 1 aromatic heterocycles. The third-order valence-corrected chi connectivity index (χ3v) is 6.06. The van der Waals surface area contributed by atoms with Gasteiger partial charge in [0.1, 0.15) is 11.3 Å². The second-order valence-electron chi connectivity index (χ2n) is 8.98. The van der Waals surface area contributed by atoms with Crippen LogP contribution in [0.15, 0.2) is 69.9 Å². The minimum Gasteiger partial charge on any atom is -0.493 e. The maximum atomic E-state index is 12.7. The lowest BCUT2D eigenvalue weighted by atomic mass is 10.0. The summed E-state index contributed by atoms with van der Waals surface area (Å²) < 4.78 is 16.5. The number of aryl methyl sites for hydroxylation is 1. The number of benzene rings is 2. The van der Waals surface area contributed by atoms with Gasteiger partial charge in [-0.15, -0.1) is 0 Å². The molecular weight excluding hydrogens is 452 g/mol. The number of hydrogen-bond acceptors (Lipinski definition) is 5. The van der Waals surface area contributed by atoms with Crippen molar-refractivity contribution in [1.82, 2.24) is 0 Å². The lowest BCUT2D eigenvalue weighted by Crippen LogP contribution is -2.03. The van der Waals surface area contributed by atoms with Crippen LogP contribution in [-0.2, 0) is 16.0 Å². The molecule has 0 radical (unpaired) electrons. The van der Waals surface area contributed by atoms with Crippen molar-refractivity contribution in [3.63, 3.8) is 0 Å². The Morgan fingerprint density at radius 1 is 0.889 bits per heavy atom. The van der Waals surface area contributed by atoms with Crippen LogP contribution in [0.4, 0.5) is 0 Å². The minimum atomic E-state index is -0.340. The van der Waals surface area contributed by atoms with Crippen LogP contribution in [0.3, 0.4) is 0 Å². The fraction of sp³-hybridized carbons (Fsp3) is 0.419. The zero-order valence-electron chi connectivity index (χ0n) is 21.6. The smallest absolute Gasteiger partial charge is 0.344 e. The van der Waals surface area contributed by atoms with Crippen LogP contribution >= 0.6 is 0 Å². The van der Waals surface area contributed by atoms with Crippen molar-refractivity contribution in [2.24, 2.45) is 0 Å². The first-order chi connectivity index (χ1) is 17.6. The van der Waals surface area contributed by atoms with Gasteiger partial charge >= 0.3 is 11.6 Å². The largest absolute Gasteiger partial charge is 0.493 e. The van der Waals surface area contributed by atoms with Gasteiger partial charge in [-0.2, -0.15) is 0 Å². The number of esters is 1. The Labute approximate surface area is 214 Å². The number of ether oxygens (including phenoxy) is 2. The van der Waals surface area contributed by atoms with E-state index in [9.17, 15) is 9.59 Å². The minimum absolute atomic E-state index is 0.146. The molecular formula is C31H38O5. The highest BCUT2D eigenvalue weighted by Gasteiger charge is 2.09. The molecule has 0 saturated heterocycles. The van der Waals surface area contributed by atoms with Gasteiger partial charge < -0.3 is 13.9 Å². The maximum Gasteiger partial charge on any atom is 0.344 e. The molecule has 0 aliphatic rings. The highest BCUT2D eigenvalue weighted by Crippen LogP contribution is 2.25. The summed E-state index contributed by atoms with van der Waals surface area (Å²) in [6.07, 6.45) is 12.9. The van der Waals surface area contributed by atoms with E-state index in [-0.39, 0.29) is 11.6 Å². The third kappa shape index (κ3) is 8.71. The quantitative estimate of drug-likeness (QED) is 0.0948. The van der Waals surface area contributed by atoms with Crippen LogP contribution in [0, 0.1) is 0 Å². The van der Waals surface area contributed by atoms with Crippen LogP contribution in [0.1, 0.15) is 70.8 Å². The van der Waals surface area contributed by atoms with Gasteiger partial charge in [-0.25, -0.2) is 4.79 Å². The number of carbonyl (C=O) groups is 1. The number of rotatable bonds is 15. The van der Waals surface area contributed by atoms with Crippen molar-refractivity contribution in [2.75, 3.05) is 13.2 Å². The first-order valence-corrected chi connectivity index (χ1v) is 13.2. The first-order valence-electron chi connectivity index (χ1n) is 13.2. The molecule has 1 heterocycles. The Kier molecular flexibility index (Phi) is 11.3. The molecule has 5 nitrogen and oxygen atoms in total. The Morgan fingerprint density at radius 3 is 2.36 bits per heavy atom. The molecule has 0 spiro atoms. The summed E-state index contributed by atoms with van der Waals surface area (Å²) in [7, 11) is 0. The molecule has 192 valence electrons. The molecule has 0 bridgehead atoms. The Hall–Kier alpha value is -3.34. The van der Waals surface area contributed by atoms with Crippen molar-refractivity contribution in [3.05, 3.63) is 76.7 Å². The van der Waals surface area contributed by atoms with E-state index in [0.717, 1.165) is 43.1 Å². The normalized spacial score (nSPS) is 11.3. The number of allylic oxidation sites excluding steroid dienone is 2. The van der Waals surface area contributed by atoms with Gasteiger partial charge in [0.25, 0.3) is 0 Å². The average molecular weight is 491 g/mol. The number of hydrogen-bond donors (Lipinski definition) is 0. The van der Waals surface area contributed by atoms with Crippen molar-refractivity contribution in [2.45, 2.75) is 71.6 Å². The summed E-state index contributed by atoms with van der Waals surface area (Å²) in [6.45, 7) is 5.06. The predicted molar refractivity (Wildman–Crippen MR) is 146 cm³/mol. The zero-order valence-corrected chi connectivity index (χ0v) is 21.6. The molecule has 0 N–H and O–H groups in total. The second-order valence-corrected chi connectivity index (χ2v) is 8.98. The lowest BCUT2D eigenvalue weighted by Gasteiger charge is -2.08. The van der Waals surface area contributed by atoms with Crippen molar-refractivity contribution < 1.29 is 18.7 Å². The van der Waals surface area contributed by atoms with Gasteiger partial charge in [-0.05, 0) is 67.9 Å². The van der Waals surface area contributed by atoms with Crippen LogP contribution in [0.2, 0.25) is 0 Å². The van der Waals surface area contributed by atoms with Gasteiger partial charge in [0, 0.05) is 17.9 Å². The molecule has 0 amide bonds. The van der Waals surface area contributed by atoms with Crippen LogP contribution in [0.5, 0.6) is 5.75 Å². The third-order valence-electron chi connectivity index (χ3n) is 6.06. The number of unbranched alkanes of at least 4 members (excludes halogenated alkanes) is 4. The molecule has 3 rings (SSSR count). The van der Waals surface area contributed by atoms with E-state index >= 15 is 0 Å². The van der Waals surface area contributed by atoms with Gasteiger partial charge in [-0.3, -0.25) is 4.79 Å².